The second-order valence-electron chi connectivity index (χ2n) is 5.08. The predicted octanol–water partition coefficient (Wildman–Crippen LogP) is 2.38. The van der Waals surface area contributed by atoms with Crippen molar-refractivity contribution in [2.75, 3.05) is 0 Å². The Bertz CT molecular complexity index is 613. The van der Waals surface area contributed by atoms with E-state index >= 15 is 0 Å². The van der Waals surface area contributed by atoms with E-state index in [2.05, 4.69) is 5.32 Å². The van der Waals surface area contributed by atoms with Crippen LogP contribution in [0, 0.1) is 10.1 Å². The molecule has 1 aromatic rings. The molecule has 7 nitrogen and oxygen atoms in total. The first kappa shape index (κ1) is 15.2. The van der Waals surface area contributed by atoms with Crippen LogP contribution in [0.5, 0.6) is 0 Å². The summed E-state index contributed by atoms with van der Waals surface area (Å²) in [6.45, 7) is 0. The van der Waals surface area contributed by atoms with Crippen LogP contribution in [0.2, 0.25) is 5.02 Å². The van der Waals surface area contributed by atoms with E-state index in [-0.39, 0.29) is 22.7 Å². The van der Waals surface area contributed by atoms with Crippen LogP contribution in [-0.2, 0) is 4.79 Å². The number of non-ortho nitro benzene ring substituents is 1. The fraction of sp³-hybridized carbons (Fsp3) is 0.385. The van der Waals surface area contributed by atoms with E-state index in [0.717, 1.165) is 12.5 Å². The molecule has 0 atom stereocenters. The number of amides is 1. The number of hydrogen-bond acceptors (Lipinski definition) is 4. The van der Waals surface area contributed by atoms with Gasteiger partial charge in [0.25, 0.3) is 11.6 Å². The molecule has 1 aromatic carbocycles. The number of carbonyl (C=O) groups excluding carboxylic acids is 1. The molecular formula is C13H13ClN2O5. The van der Waals surface area contributed by atoms with Crippen LogP contribution in [0.15, 0.2) is 18.2 Å². The van der Waals surface area contributed by atoms with E-state index in [1.807, 2.05) is 0 Å². The maximum absolute atomic E-state index is 12.2. The lowest BCUT2D eigenvalue weighted by Crippen LogP contribution is -2.54. The number of benzene rings is 1. The number of aliphatic carboxylic acids is 1. The summed E-state index contributed by atoms with van der Waals surface area (Å²) in [4.78, 5) is 33.2. The monoisotopic (exact) mass is 312 g/mol. The van der Waals surface area contributed by atoms with Gasteiger partial charge in [-0.25, -0.2) is 0 Å². The third-order valence-electron chi connectivity index (χ3n) is 3.58. The van der Waals surface area contributed by atoms with E-state index in [9.17, 15) is 19.7 Å². The molecule has 0 aromatic heterocycles. The molecule has 0 bridgehead atoms. The fourth-order valence-corrected chi connectivity index (χ4v) is 2.55. The number of halogens is 1. The van der Waals surface area contributed by atoms with Crippen LogP contribution in [0.25, 0.3) is 0 Å². The molecule has 2 rings (SSSR count). The highest BCUT2D eigenvalue weighted by atomic mass is 35.5. The number of carboxylic acid groups (broad SMARTS) is 1. The summed E-state index contributed by atoms with van der Waals surface area (Å²) in [6, 6.07) is 3.57. The highest BCUT2D eigenvalue weighted by Crippen LogP contribution is 2.35. The van der Waals surface area contributed by atoms with Crippen molar-refractivity contribution < 1.29 is 19.6 Å². The SMILES string of the molecule is O=C(O)CC1(NC(=O)c2cc([N+](=O)[O-])ccc2Cl)CCC1. The van der Waals surface area contributed by atoms with Gasteiger partial charge in [-0.15, -0.1) is 0 Å². The zero-order valence-electron chi connectivity index (χ0n) is 11.0. The molecule has 1 aliphatic carbocycles. The summed E-state index contributed by atoms with van der Waals surface area (Å²) in [7, 11) is 0. The van der Waals surface area contributed by atoms with Gasteiger partial charge in [-0.05, 0) is 25.3 Å². The molecule has 0 unspecified atom stereocenters. The Balaban J connectivity index is 2.22. The topological polar surface area (TPSA) is 110 Å². The molecule has 0 radical (unpaired) electrons. The van der Waals surface area contributed by atoms with E-state index in [1.165, 1.54) is 12.1 Å². The Morgan fingerprint density at radius 3 is 2.57 bits per heavy atom. The van der Waals surface area contributed by atoms with Crippen LogP contribution < -0.4 is 5.32 Å². The number of carbonyl (C=O) groups is 2. The van der Waals surface area contributed by atoms with Crippen molar-refractivity contribution in [1.82, 2.24) is 5.32 Å². The van der Waals surface area contributed by atoms with E-state index < -0.39 is 22.3 Å². The summed E-state index contributed by atoms with van der Waals surface area (Å²) < 4.78 is 0. The minimum Gasteiger partial charge on any atom is -0.481 e. The maximum atomic E-state index is 12.2. The van der Waals surface area contributed by atoms with Gasteiger partial charge >= 0.3 is 5.97 Å². The van der Waals surface area contributed by atoms with Crippen molar-refractivity contribution >= 4 is 29.2 Å². The molecular weight excluding hydrogens is 300 g/mol. The standard InChI is InChI=1S/C13H13ClN2O5/c14-10-3-2-8(16(20)21)6-9(10)12(19)15-13(4-1-5-13)7-11(17)18/h2-3,6H,1,4-5,7H2,(H,15,19)(H,17,18). The Morgan fingerprint density at radius 2 is 2.10 bits per heavy atom. The normalized spacial score (nSPS) is 15.9. The molecule has 0 heterocycles. The molecule has 2 N–H and O–H groups in total. The zero-order chi connectivity index (χ0) is 15.6. The number of nitro benzene ring substituents is 1. The summed E-state index contributed by atoms with van der Waals surface area (Å²) in [5.74, 6) is -1.59. The molecule has 0 saturated heterocycles. The van der Waals surface area contributed by atoms with Crippen molar-refractivity contribution in [3.63, 3.8) is 0 Å². The average molecular weight is 313 g/mol. The predicted molar refractivity (Wildman–Crippen MR) is 74.4 cm³/mol. The van der Waals surface area contributed by atoms with Crippen LogP contribution in [0.3, 0.4) is 0 Å². The van der Waals surface area contributed by atoms with Gasteiger partial charge in [-0.1, -0.05) is 11.6 Å². The number of nitro groups is 1. The Hall–Kier alpha value is -2.15. The van der Waals surface area contributed by atoms with Gasteiger partial charge in [-0.2, -0.15) is 0 Å². The summed E-state index contributed by atoms with van der Waals surface area (Å²) in [5, 5.41) is 22.4. The van der Waals surface area contributed by atoms with Crippen molar-refractivity contribution in [1.29, 1.82) is 0 Å². The van der Waals surface area contributed by atoms with Crippen molar-refractivity contribution in [3.05, 3.63) is 38.9 Å². The second-order valence-corrected chi connectivity index (χ2v) is 5.49. The number of nitrogens with zero attached hydrogens (tertiary/aromatic N) is 1. The minimum absolute atomic E-state index is 0.0254. The van der Waals surface area contributed by atoms with Crippen LogP contribution in [-0.4, -0.2) is 27.4 Å². The fourth-order valence-electron chi connectivity index (χ4n) is 2.35. The van der Waals surface area contributed by atoms with E-state index in [0.29, 0.717) is 12.8 Å². The molecule has 1 amide bonds. The summed E-state index contributed by atoms with van der Waals surface area (Å²) in [6.07, 6.45) is 1.79. The summed E-state index contributed by atoms with van der Waals surface area (Å²) >= 11 is 5.89. The lowest BCUT2D eigenvalue weighted by Gasteiger charge is -2.41. The van der Waals surface area contributed by atoms with E-state index in [4.69, 9.17) is 16.7 Å². The molecule has 0 spiro atoms. The molecule has 1 fully saturated rings. The quantitative estimate of drug-likeness (QED) is 0.640. The molecule has 1 aliphatic rings. The molecule has 0 aliphatic heterocycles. The Labute approximate surface area is 125 Å². The summed E-state index contributed by atoms with van der Waals surface area (Å²) in [5.41, 5.74) is -1.05. The molecule has 8 heteroatoms. The van der Waals surface area contributed by atoms with Crippen LogP contribution in [0.1, 0.15) is 36.0 Å². The first-order valence-corrected chi connectivity index (χ1v) is 6.69. The van der Waals surface area contributed by atoms with Gasteiger partial charge in [0.2, 0.25) is 0 Å². The third kappa shape index (κ3) is 3.30. The minimum atomic E-state index is -1.000. The van der Waals surface area contributed by atoms with Gasteiger partial charge in [0, 0.05) is 12.1 Å². The molecule has 21 heavy (non-hydrogen) atoms. The first-order valence-electron chi connectivity index (χ1n) is 6.31. The first-order chi connectivity index (χ1) is 9.83. The Kier molecular flexibility index (Phi) is 4.13. The number of carboxylic acids is 1. The van der Waals surface area contributed by atoms with Crippen molar-refractivity contribution in [2.45, 2.75) is 31.2 Å². The van der Waals surface area contributed by atoms with Crippen molar-refractivity contribution in [2.24, 2.45) is 0 Å². The van der Waals surface area contributed by atoms with Gasteiger partial charge in [0.05, 0.1) is 27.5 Å². The lowest BCUT2D eigenvalue weighted by atomic mass is 9.74. The van der Waals surface area contributed by atoms with Gasteiger partial charge in [0.1, 0.15) is 0 Å². The largest absolute Gasteiger partial charge is 0.481 e. The lowest BCUT2D eigenvalue weighted by molar-refractivity contribution is -0.384. The highest BCUT2D eigenvalue weighted by Gasteiger charge is 2.40. The highest BCUT2D eigenvalue weighted by molar-refractivity contribution is 6.34. The van der Waals surface area contributed by atoms with Crippen LogP contribution >= 0.6 is 11.6 Å². The van der Waals surface area contributed by atoms with Gasteiger partial charge in [-0.3, -0.25) is 19.7 Å². The third-order valence-corrected chi connectivity index (χ3v) is 3.91. The van der Waals surface area contributed by atoms with Crippen molar-refractivity contribution in [3.8, 4) is 0 Å². The van der Waals surface area contributed by atoms with Crippen LogP contribution in [0.4, 0.5) is 5.69 Å². The second kappa shape index (κ2) is 5.69. The number of hydrogen-bond donors (Lipinski definition) is 2. The van der Waals surface area contributed by atoms with E-state index in [1.54, 1.807) is 0 Å². The Morgan fingerprint density at radius 1 is 1.43 bits per heavy atom. The smallest absolute Gasteiger partial charge is 0.305 e. The van der Waals surface area contributed by atoms with Gasteiger partial charge in [0.15, 0.2) is 0 Å². The maximum Gasteiger partial charge on any atom is 0.305 e. The number of rotatable bonds is 5. The zero-order valence-corrected chi connectivity index (χ0v) is 11.7. The average Bonchev–Trinajstić information content (AvgIpc) is 2.35. The number of nitrogens with one attached hydrogen (secondary N) is 1. The molecule has 1 saturated carbocycles. The van der Waals surface area contributed by atoms with Gasteiger partial charge < -0.3 is 10.4 Å². The molecule has 112 valence electrons.